The largest absolute Gasteiger partial charge is 0.495 e. The third kappa shape index (κ3) is 8.58. The summed E-state index contributed by atoms with van der Waals surface area (Å²) in [6, 6.07) is 8.42. The third-order valence-corrected chi connectivity index (χ3v) is 10.8. The molecule has 1 saturated heterocycles. The number of nitrogens with zero attached hydrogens (tertiary/aromatic N) is 3. The highest BCUT2D eigenvalue weighted by atomic mass is 35.5. The van der Waals surface area contributed by atoms with Crippen molar-refractivity contribution in [3.8, 4) is 5.75 Å². The highest BCUT2D eigenvalue weighted by Crippen LogP contribution is 2.30. The topological polar surface area (TPSA) is 215 Å². The van der Waals surface area contributed by atoms with Crippen LogP contribution in [-0.2, 0) is 26.0 Å². The summed E-state index contributed by atoms with van der Waals surface area (Å²) in [7, 11) is -2.96. The standard InChI is InChI=1S/C36H40ClN7O9S/c1-19(2)12-24-31(45)38-20(3)34-42-27(18-52-34)36(48)44-16-23(43-54(49,50)30-14-22(37)10-11-29(30)51-4)15-28(44)33(47)40-25(13-21-8-6-5-7-9-21)35-41-26(17-53-35)32(46)39-24/h5-11,14,17-20,23-25,28,43H,12-13,15-16H2,1-4H3,(H,38,45)(H,39,46)(H,40,47)/t20-,23+,24-,25+,28+/m1/s1. The van der Waals surface area contributed by atoms with E-state index < -0.39 is 63.9 Å². The number of aromatic nitrogens is 2. The number of oxazole rings is 2. The maximum absolute atomic E-state index is 14.3. The number of carbonyl (C=O) groups excluding carboxylic acids is 4. The van der Waals surface area contributed by atoms with E-state index in [2.05, 4.69) is 30.6 Å². The Hall–Kier alpha value is -5.26. The van der Waals surface area contributed by atoms with Crippen LogP contribution < -0.4 is 25.4 Å². The fourth-order valence-corrected chi connectivity index (χ4v) is 8.12. The van der Waals surface area contributed by atoms with E-state index in [1.165, 1.54) is 30.2 Å². The number of sulfonamides is 1. The molecule has 18 heteroatoms. The number of fused-ring (bicyclic) bond motifs is 5. The first-order chi connectivity index (χ1) is 25.7. The fraction of sp³-hybridized carbons (Fsp3) is 0.389. The molecule has 2 aliphatic rings. The second-order valence-corrected chi connectivity index (χ2v) is 15.7. The highest BCUT2D eigenvalue weighted by Gasteiger charge is 2.43. The monoisotopic (exact) mass is 781 g/mol. The Morgan fingerprint density at radius 3 is 2.37 bits per heavy atom. The summed E-state index contributed by atoms with van der Waals surface area (Å²) < 4.78 is 46.5. The third-order valence-electron chi connectivity index (χ3n) is 9.05. The van der Waals surface area contributed by atoms with Crippen LogP contribution in [0, 0.1) is 5.92 Å². The summed E-state index contributed by atoms with van der Waals surface area (Å²) in [4.78, 5) is 65.0. The molecule has 0 radical (unpaired) electrons. The number of ether oxygens (including phenoxy) is 1. The lowest BCUT2D eigenvalue weighted by Crippen LogP contribution is -2.48. The molecule has 16 nitrogen and oxygen atoms in total. The minimum atomic E-state index is -4.28. The summed E-state index contributed by atoms with van der Waals surface area (Å²) >= 11 is 6.12. The van der Waals surface area contributed by atoms with Crippen molar-refractivity contribution in [1.82, 2.24) is 35.5 Å². The lowest BCUT2D eigenvalue weighted by atomic mass is 10.0. The predicted molar refractivity (Wildman–Crippen MR) is 193 cm³/mol. The van der Waals surface area contributed by atoms with E-state index in [-0.39, 0.29) is 64.1 Å². The normalized spacial score (nSPS) is 22.6. The summed E-state index contributed by atoms with van der Waals surface area (Å²) in [5.74, 6) is -2.47. The van der Waals surface area contributed by atoms with Crippen molar-refractivity contribution in [2.45, 2.75) is 75.1 Å². The van der Waals surface area contributed by atoms with Crippen molar-refractivity contribution in [1.29, 1.82) is 0 Å². The fourth-order valence-electron chi connectivity index (χ4n) is 6.45. The van der Waals surface area contributed by atoms with Gasteiger partial charge in [0, 0.05) is 24.0 Å². The SMILES string of the molecule is COc1ccc(Cl)cc1S(=O)(=O)N[C@H]1C[C@H]2C(=O)N[C@@H](Cc3ccccc3)c3nc(co3)C(=O)N[C@H](CC(C)C)C(=O)N[C@H](C)c3nc(co3)C(=O)N2C1. The first-order valence-electron chi connectivity index (χ1n) is 17.3. The summed E-state index contributed by atoms with van der Waals surface area (Å²) in [6.45, 7) is 5.18. The Labute approximate surface area is 316 Å². The minimum absolute atomic E-state index is 0.000673. The molecule has 4 heterocycles. The number of benzene rings is 2. The van der Waals surface area contributed by atoms with E-state index in [0.717, 1.165) is 18.1 Å². The van der Waals surface area contributed by atoms with Crippen LogP contribution in [0.2, 0.25) is 5.02 Å². The number of halogens is 1. The highest BCUT2D eigenvalue weighted by molar-refractivity contribution is 7.89. The molecule has 4 bridgehead atoms. The first-order valence-corrected chi connectivity index (χ1v) is 19.1. The van der Waals surface area contributed by atoms with Gasteiger partial charge in [-0.15, -0.1) is 0 Å². The molecule has 0 aliphatic carbocycles. The van der Waals surface area contributed by atoms with Crippen molar-refractivity contribution in [2.75, 3.05) is 13.7 Å². The number of rotatable bonds is 8. The molecule has 5 atom stereocenters. The second kappa shape index (κ2) is 16.0. The number of carbonyl (C=O) groups is 4. The summed E-state index contributed by atoms with van der Waals surface area (Å²) in [6.07, 6.45) is 2.60. The van der Waals surface area contributed by atoms with Crippen molar-refractivity contribution < 1.29 is 41.2 Å². The smallest absolute Gasteiger partial charge is 0.276 e. The Balaban J connectivity index is 1.38. The number of hydrogen-bond acceptors (Lipinski definition) is 11. The Bertz CT molecular complexity index is 2140. The van der Waals surface area contributed by atoms with Gasteiger partial charge in [-0.2, -0.15) is 0 Å². The van der Waals surface area contributed by atoms with E-state index >= 15 is 0 Å². The number of nitrogens with one attached hydrogen (secondary N) is 4. The van der Waals surface area contributed by atoms with Gasteiger partial charge < -0.3 is 34.4 Å². The zero-order valence-corrected chi connectivity index (χ0v) is 31.4. The maximum Gasteiger partial charge on any atom is 0.276 e. The van der Waals surface area contributed by atoms with Crippen LogP contribution in [0.1, 0.15) is 84.0 Å². The van der Waals surface area contributed by atoms with Crippen molar-refractivity contribution in [3.05, 3.63) is 94.8 Å². The Kier molecular flexibility index (Phi) is 11.4. The molecular weight excluding hydrogens is 742 g/mol. The lowest BCUT2D eigenvalue weighted by molar-refractivity contribution is -0.126. The van der Waals surface area contributed by atoms with Gasteiger partial charge in [-0.1, -0.05) is 55.8 Å². The molecule has 0 unspecified atom stereocenters. The molecule has 2 aromatic heterocycles. The lowest BCUT2D eigenvalue weighted by Gasteiger charge is -2.25. The molecule has 6 rings (SSSR count). The molecule has 4 N–H and O–H groups in total. The average Bonchev–Trinajstić information content (AvgIpc) is 3.91. The molecule has 0 saturated carbocycles. The van der Waals surface area contributed by atoms with Crippen LogP contribution in [0.25, 0.3) is 0 Å². The molecule has 1 fully saturated rings. The van der Waals surface area contributed by atoms with Gasteiger partial charge >= 0.3 is 0 Å². The van der Waals surface area contributed by atoms with Gasteiger partial charge in [0.15, 0.2) is 11.4 Å². The van der Waals surface area contributed by atoms with E-state index in [9.17, 15) is 27.6 Å². The number of methoxy groups -OCH3 is 1. The molecular formula is C36H40ClN7O9S. The molecule has 4 amide bonds. The summed E-state index contributed by atoms with van der Waals surface area (Å²) in [5, 5.41) is 8.59. The second-order valence-electron chi connectivity index (χ2n) is 13.6. The van der Waals surface area contributed by atoms with E-state index in [1.807, 2.05) is 44.2 Å². The zero-order chi connectivity index (χ0) is 38.7. The van der Waals surface area contributed by atoms with Crippen LogP contribution in [0.5, 0.6) is 5.75 Å². The van der Waals surface area contributed by atoms with Gasteiger partial charge in [-0.25, -0.2) is 23.1 Å². The molecule has 2 aliphatic heterocycles. The molecule has 4 aromatic rings. The van der Waals surface area contributed by atoms with E-state index in [0.29, 0.717) is 6.42 Å². The van der Waals surface area contributed by atoms with Gasteiger partial charge in [-0.3, -0.25) is 19.2 Å². The number of amides is 4. The molecule has 54 heavy (non-hydrogen) atoms. The molecule has 286 valence electrons. The summed E-state index contributed by atoms with van der Waals surface area (Å²) in [5.41, 5.74) is 0.511. The molecule has 0 spiro atoms. The minimum Gasteiger partial charge on any atom is -0.495 e. The maximum atomic E-state index is 14.3. The van der Waals surface area contributed by atoms with Crippen LogP contribution in [0.3, 0.4) is 0 Å². The first kappa shape index (κ1) is 38.5. The Morgan fingerprint density at radius 2 is 1.65 bits per heavy atom. The quantitative estimate of drug-likeness (QED) is 0.203. The van der Waals surface area contributed by atoms with Gasteiger partial charge in [0.2, 0.25) is 33.6 Å². The van der Waals surface area contributed by atoms with E-state index in [4.69, 9.17) is 25.2 Å². The number of hydrogen-bond donors (Lipinski definition) is 4. The van der Waals surface area contributed by atoms with Gasteiger partial charge in [0.25, 0.3) is 11.8 Å². The van der Waals surface area contributed by atoms with Crippen molar-refractivity contribution in [3.63, 3.8) is 0 Å². The van der Waals surface area contributed by atoms with Crippen LogP contribution in [0.4, 0.5) is 0 Å². The average molecular weight is 782 g/mol. The van der Waals surface area contributed by atoms with Gasteiger partial charge in [-0.05, 0) is 49.4 Å². The van der Waals surface area contributed by atoms with E-state index in [1.54, 1.807) is 6.92 Å². The molecule has 2 aromatic carbocycles. The predicted octanol–water partition coefficient (Wildman–Crippen LogP) is 3.32. The van der Waals surface area contributed by atoms with Gasteiger partial charge in [0.05, 0.1) is 7.11 Å². The van der Waals surface area contributed by atoms with Crippen LogP contribution in [-0.4, -0.2) is 78.7 Å². The van der Waals surface area contributed by atoms with Crippen LogP contribution >= 0.6 is 11.6 Å². The zero-order valence-electron chi connectivity index (χ0n) is 29.9. The van der Waals surface area contributed by atoms with Crippen molar-refractivity contribution in [2.24, 2.45) is 5.92 Å². The Morgan fingerprint density at radius 1 is 0.944 bits per heavy atom. The van der Waals surface area contributed by atoms with Crippen molar-refractivity contribution >= 4 is 45.3 Å². The van der Waals surface area contributed by atoms with Crippen LogP contribution in [0.15, 0.2) is 74.8 Å². The van der Waals surface area contributed by atoms with Gasteiger partial charge in [0.1, 0.15) is 47.3 Å².